The Morgan fingerprint density at radius 3 is 2.78 bits per heavy atom. The Balaban J connectivity index is 1.43. The molecule has 0 bridgehead atoms. The first-order chi connectivity index (χ1) is 17.6. The van der Waals surface area contributed by atoms with E-state index >= 15 is 4.39 Å². The van der Waals surface area contributed by atoms with Crippen LogP contribution in [0.15, 0.2) is 30.3 Å². The molecule has 0 aliphatic carbocycles. The van der Waals surface area contributed by atoms with E-state index in [0.717, 1.165) is 23.5 Å². The second-order valence-electron chi connectivity index (χ2n) is 8.62. The third-order valence-electron chi connectivity index (χ3n) is 6.05. The number of hydrogen-bond acceptors (Lipinski definition) is 7. The van der Waals surface area contributed by atoms with Gasteiger partial charge in [-0.1, -0.05) is 29.3 Å². The topological polar surface area (TPSA) is 116 Å². The molecule has 37 heavy (non-hydrogen) atoms. The molecule has 2 aliphatic heterocycles. The van der Waals surface area contributed by atoms with Crippen molar-refractivity contribution in [1.82, 2.24) is 19.4 Å². The number of nitrogens with one attached hydrogen (secondary N) is 1. The minimum absolute atomic E-state index is 0.0162. The molecule has 0 spiro atoms. The van der Waals surface area contributed by atoms with E-state index in [1.54, 1.807) is 17.0 Å². The summed E-state index contributed by atoms with van der Waals surface area (Å²) in [7, 11) is -3.54. The van der Waals surface area contributed by atoms with Crippen molar-refractivity contribution in [3.63, 3.8) is 0 Å². The number of benzene rings is 1. The molecule has 1 N–H and O–H groups in total. The zero-order valence-corrected chi connectivity index (χ0v) is 21.9. The Labute approximate surface area is 222 Å². The highest BCUT2D eigenvalue weighted by Crippen LogP contribution is 2.38. The molecule has 0 saturated carbocycles. The van der Waals surface area contributed by atoms with Crippen molar-refractivity contribution in [2.24, 2.45) is 0 Å². The number of aromatic nitrogens is 3. The molecule has 5 rings (SSSR count). The van der Waals surface area contributed by atoms with Gasteiger partial charge in [0, 0.05) is 30.1 Å². The molecule has 1 unspecified atom stereocenters. The summed E-state index contributed by atoms with van der Waals surface area (Å²) in [5.74, 6) is -0.0842. The van der Waals surface area contributed by atoms with Crippen LogP contribution in [0.2, 0.25) is 10.2 Å². The Kier molecular flexibility index (Phi) is 7.01. The summed E-state index contributed by atoms with van der Waals surface area (Å²) in [6, 6.07) is 6.42. The van der Waals surface area contributed by atoms with Crippen molar-refractivity contribution in [3.8, 4) is 5.75 Å². The molecule has 0 fully saturated rings. The quantitative estimate of drug-likeness (QED) is 0.453. The monoisotopic (exact) mass is 569 g/mol. The van der Waals surface area contributed by atoms with Gasteiger partial charge in [0.25, 0.3) is 5.91 Å². The van der Waals surface area contributed by atoms with Crippen LogP contribution in [0.1, 0.15) is 28.8 Å². The average Bonchev–Trinajstić information content (AvgIpc) is 3.21. The van der Waals surface area contributed by atoms with Crippen molar-refractivity contribution in [1.29, 1.82) is 0 Å². The largest absolute Gasteiger partial charge is 0.481 e. The molecule has 2 aliphatic rings. The van der Waals surface area contributed by atoms with Crippen molar-refractivity contribution in [2.75, 3.05) is 30.7 Å². The molecule has 1 aromatic carbocycles. The molecule has 1 amide bonds. The Bertz CT molecular complexity index is 1480. The van der Waals surface area contributed by atoms with E-state index in [-0.39, 0.29) is 21.7 Å². The molecule has 4 heterocycles. The van der Waals surface area contributed by atoms with Crippen molar-refractivity contribution < 1.29 is 27.1 Å². The maximum absolute atomic E-state index is 15.2. The molecule has 0 saturated heterocycles. The lowest BCUT2D eigenvalue weighted by Gasteiger charge is -2.37. The number of ether oxygens (including phenoxy) is 2. The highest BCUT2D eigenvalue weighted by Gasteiger charge is 2.38. The van der Waals surface area contributed by atoms with E-state index in [1.807, 2.05) is 4.57 Å². The van der Waals surface area contributed by atoms with Gasteiger partial charge in [-0.15, -0.1) is 0 Å². The van der Waals surface area contributed by atoms with Gasteiger partial charge in [-0.3, -0.25) is 9.52 Å². The molecule has 0 radical (unpaired) electrons. The highest BCUT2D eigenvalue weighted by molar-refractivity contribution is 7.92. The van der Waals surface area contributed by atoms with E-state index in [2.05, 4.69) is 9.71 Å². The van der Waals surface area contributed by atoms with Crippen molar-refractivity contribution >= 4 is 45.0 Å². The first-order valence-corrected chi connectivity index (χ1v) is 13.9. The van der Waals surface area contributed by atoms with Gasteiger partial charge in [0.2, 0.25) is 10.0 Å². The van der Waals surface area contributed by atoms with Crippen LogP contribution in [0.3, 0.4) is 0 Å². The summed E-state index contributed by atoms with van der Waals surface area (Å²) < 4.78 is 53.4. The van der Waals surface area contributed by atoms with Crippen LogP contribution in [-0.2, 0) is 39.1 Å². The third kappa shape index (κ3) is 5.37. The number of pyridine rings is 1. The molecule has 3 aromatic rings. The second kappa shape index (κ2) is 10.1. The van der Waals surface area contributed by atoms with Gasteiger partial charge in [0.15, 0.2) is 17.5 Å². The lowest BCUT2D eigenvalue weighted by Crippen LogP contribution is -2.44. The van der Waals surface area contributed by atoms with Crippen LogP contribution < -0.4 is 9.46 Å². The van der Waals surface area contributed by atoms with Crippen LogP contribution in [0, 0.1) is 5.82 Å². The number of carbonyl (C=O) groups is 1. The third-order valence-corrected chi connectivity index (χ3v) is 7.13. The summed E-state index contributed by atoms with van der Waals surface area (Å²) in [5.41, 5.74) is 1.84. The lowest BCUT2D eigenvalue weighted by atomic mass is 9.94. The maximum atomic E-state index is 15.2. The van der Waals surface area contributed by atoms with Crippen LogP contribution in [0.5, 0.6) is 5.75 Å². The summed E-state index contributed by atoms with van der Waals surface area (Å²) in [6.45, 7) is 1.26. The summed E-state index contributed by atoms with van der Waals surface area (Å²) in [6.07, 6.45) is 1.47. The predicted molar refractivity (Wildman–Crippen MR) is 134 cm³/mol. The van der Waals surface area contributed by atoms with Gasteiger partial charge in [-0.2, -0.15) is 0 Å². The van der Waals surface area contributed by atoms with Gasteiger partial charge in [-0.25, -0.2) is 22.8 Å². The van der Waals surface area contributed by atoms with E-state index in [0.29, 0.717) is 38.3 Å². The molecule has 196 valence electrons. The van der Waals surface area contributed by atoms with Gasteiger partial charge >= 0.3 is 0 Å². The number of anilines is 1. The minimum Gasteiger partial charge on any atom is -0.481 e. The Morgan fingerprint density at radius 1 is 1.24 bits per heavy atom. The first-order valence-electron chi connectivity index (χ1n) is 11.3. The van der Waals surface area contributed by atoms with Gasteiger partial charge in [0.1, 0.15) is 30.1 Å². The number of hydrogen-bond donors (Lipinski definition) is 1. The number of sulfonamides is 1. The number of halogens is 3. The van der Waals surface area contributed by atoms with Gasteiger partial charge in [-0.05, 0) is 24.3 Å². The zero-order chi connectivity index (χ0) is 26.3. The zero-order valence-electron chi connectivity index (χ0n) is 19.6. The fourth-order valence-electron chi connectivity index (χ4n) is 4.55. The van der Waals surface area contributed by atoms with Crippen molar-refractivity contribution in [3.05, 3.63) is 69.1 Å². The number of rotatable bonds is 6. The fraction of sp³-hybridized carbons (Fsp3) is 0.348. The van der Waals surface area contributed by atoms with E-state index < -0.39 is 34.4 Å². The standard InChI is InChI=1S/C23H22Cl2FN5O5S/c1-37(33,34)29-18-5-4-17(23(25)28-18)36-12-20(32)31-7-6-16-22(30-8-9-35-11-19(30)27-16)21(31)14-3-2-13(24)10-15(14)26/h2-5,10,21H,6-9,11-12H2,1H3,(H,28,29). The molecule has 10 nitrogen and oxygen atoms in total. The van der Waals surface area contributed by atoms with E-state index in [1.165, 1.54) is 18.2 Å². The Morgan fingerprint density at radius 2 is 2.05 bits per heavy atom. The van der Waals surface area contributed by atoms with E-state index in [4.69, 9.17) is 37.7 Å². The number of carbonyl (C=O) groups excluding carboxylic acids is 1. The maximum Gasteiger partial charge on any atom is 0.261 e. The van der Waals surface area contributed by atoms with Crippen LogP contribution in [0.4, 0.5) is 10.2 Å². The normalized spacial score (nSPS) is 17.2. The van der Waals surface area contributed by atoms with Crippen LogP contribution in [-0.4, -0.2) is 59.8 Å². The van der Waals surface area contributed by atoms with Gasteiger partial charge in [0.05, 0.1) is 24.3 Å². The smallest absolute Gasteiger partial charge is 0.261 e. The molecular weight excluding hydrogens is 548 g/mol. The first kappa shape index (κ1) is 25.7. The second-order valence-corrected chi connectivity index (χ2v) is 11.2. The van der Waals surface area contributed by atoms with Gasteiger partial charge < -0.3 is 18.9 Å². The molecule has 2 aromatic heterocycles. The molecule has 14 heteroatoms. The SMILES string of the molecule is CS(=O)(=O)Nc1ccc(OCC(=O)N2CCc3nc4n(c3C2c2ccc(Cl)cc2F)CCOC4)c(Cl)n1. The van der Waals surface area contributed by atoms with Crippen LogP contribution in [0.25, 0.3) is 0 Å². The fourth-order valence-corrected chi connectivity index (χ4v) is 5.41. The summed E-state index contributed by atoms with van der Waals surface area (Å²) in [4.78, 5) is 23.6. The van der Waals surface area contributed by atoms with E-state index in [9.17, 15) is 13.2 Å². The number of amides is 1. The number of imidazole rings is 1. The lowest BCUT2D eigenvalue weighted by molar-refractivity contribution is -0.135. The minimum atomic E-state index is -3.54. The summed E-state index contributed by atoms with van der Waals surface area (Å²) >= 11 is 12.1. The van der Waals surface area contributed by atoms with Crippen molar-refractivity contribution in [2.45, 2.75) is 25.6 Å². The number of fused-ring (bicyclic) bond motifs is 3. The highest BCUT2D eigenvalue weighted by atomic mass is 35.5. The predicted octanol–water partition coefficient (Wildman–Crippen LogP) is 3.18. The molecule has 1 atom stereocenters. The number of nitrogens with zero attached hydrogens (tertiary/aromatic N) is 4. The summed E-state index contributed by atoms with van der Waals surface area (Å²) in [5, 5.41) is 0.130. The molecular formula is C23H22Cl2FN5O5S. The Hall–Kier alpha value is -2.93. The average molecular weight is 570 g/mol. The van der Waals surface area contributed by atoms with Crippen LogP contribution >= 0.6 is 23.2 Å².